The molecule has 18 heavy (non-hydrogen) atoms. The molecule has 0 atom stereocenters. The molecule has 0 unspecified atom stereocenters. The predicted octanol–water partition coefficient (Wildman–Crippen LogP) is 4.04. The lowest BCUT2D eigenvalue weighted by Crippen LogP contribution is -2.11. The number of rotatable bonds is 2. The molecular weight excluding hydrogens is 239 g/mol. The molecule has 0 saturated carbocycles. The van der Waals surface area contributed by atoms with Crippen LogP contribution in [0, 0.1) is 0 Å². The highest BCUT2D eigenvalue weighted by Gasteiger charge is 2.27. The van der Waals surface area contributed by atoms with E-state index in [2.05, 4.69) is 4.99 Å². The highest BCUT2D eigenvalue weighted by Crippen LogP contribution is 2.21. The van der Waals surface area contributed by atoms with E-state index in [0.29, 0.717) is 11.1 Å². The van der Waals surface area contributed by atoms with Crippen molar-refractivity contribution < 1.29 is 13.2 Å². The summed E-state index contributed by atoms with van der Waals surface area (Å²) in [4.78, 5) is 2.87. The standard InChI is InChI=1S/C14H10F3N/c15-14(16,17)18-13(11-7-3-1-4-8-11)12-9-5-2-6-10-12/h1-10H. The van der Waals surface area contributed by atoms with E-state index in [9.17, 15) is 13.2 Å². The van der Waals surface area contributed by atoms with Crippen molar-refractivity contribution in [3.63, 3.8) is 0 Å². The smallest absolute Gasteiger partial charge is 0.183 e. The zero-order valence-electron chi connectivity index (χ0n) is 9.35. The van der Waals surface area contributed by atoms with E-state index in [4.69, 9.17) is 0 Å². The fourth-order valence-electron chi connectivity index (χ4n) is 1.61. The number of benzene rings is 2. The fourth-order valence-corrected chi connectivity index (χ4v) is 1.61. The first-order chi connectivity index (χ1) is 8.56. The second kappa shape index (κ2) is 5.04. The van der Waals surface area contributed by atoms with Crippen LogP contribution in [0.3, 0.4) is 0 Å². The Kier molecular flexibility index (Phi) is 3.46. The molecule has 0 spiro atoms. The molecule has 0 fully saturated rings. The summed E-state index contributed by atoms with van der Waals surface area (Å²) in [5, 5.41) is 0. The van der Waals surface area contributed by atoms with Gasteiger partial charge in [-0.3, -0.25) is 0 Å². The lowest BCUT2D eigenvalue weighted by molar-refractivity contribution is -0.119. The van der Waals surface area contributed by atoms with Gasteiger partial charge in [0.25, 0.3) is 0 Å². The maximum Gasteiger partial charge on any atom is 0.503 e. The van der Waals surface area contributed by atoms with E-state index < -0.39 is 6.30 Å². The average Bonchev–Trinajstić information content (AvgIpc) is 2.37. The van der Waals surface area contributed by atoms with E-state index in [1.54, 1.807) is 60.7 Å². The van der Waals surface area contributed by atoms with E-state index in [-0.39, 0.29) is 5.71 Å². The molecule has 0 N–H and O–H groups in total. The van der Waals surface area contributed by atoms with E-state index in [1.165, 1.54) is 0 Å². The first-order valence-electron chi connectivity index (χ1n) is 5.34. The number of nitrogens with zero attached hydrogens (tertiary/aromatic N) is 1. The second-order valence-electron chi connectivity index (χ2n) is 3.66. The molecule has 1 nitrogen and oxygen atoms in total. The number of halogens is 3. The molecule has 0 amide bonds. The molecule has 2 rings (SSSR count). The molecule has 0 aliphatic rings. The van der Waals surface area contributed by atoms with Crippen LogP contribution in [0.5, 0.6) is 0 Å². The minimum absolute atomic E-state index is 0.0660. The Morgan fingerprint density at radius 3 is 1.44 bits per heavy atom. The van der Waals surface area contributed by atoms with Gasteiger partial charge in [0.05, 0.1) is 5.71 Å². The quantitative estimate of drug-likeness (QED) is 0.562. The van der Waals surface area contributed by atoms with Crippen LogP contribution in [0.4, 0.5) is 13.2 Å². The van der Waals surface area contributed by atoms with Crippen LogP contribution in [0.25, 0.3) is 0 Å². The largest absolute Gasteiger partial charge is 0.503 e. The maximum absolute atomic E-state index is 12.5. The average molecular weight is 249 g/mol. The van der Waals surface area contributed by atoms with E-state index >= 15 is 0 Å². The van der Waals surface area contributed by atoms with Gasteiger partial charge in [-0.25, -0.2) is 0 Å². The van der Waals surface area contributed by atoms with Gasteiger partial charge in [-0.15, -0.1) is 13.2 Å². The van der Waals surface area contributed by atoms with Crippen LogP contribution >= 0.6 is 0 Å². The predicted molar refractivity (Wildman–Crippen MR) is 64.6 cm³/mol. The molecule has 0 aromatic heterocycles. The van der Waals surface area contributed by atoms with Crippen molar-refractivity contribution in [1.29, 1.82) is 0 Å². The van der Waals surface area contributed by atoms with Crippen LogP contribution in [0.2, 0.25) is 0 Å². The van der Waals surface area contributed by atoms with Gasteiger partial charge in [0.15, 0.2) is 0 Å². The molecule has 0 heterocycles. The highest BCUT2D eigenvalue weighted by atomic mass is 19.4. The Hall–Kier alpha value is -2.10. The molecule has 0 aliphatic heterocycles. The zero-order valence-corrected chi connectivity index (χ0v) is 9.35. The molecule has 0 saturated heterocycles. The molecule has 2 aromatic rings. The van der Waals surface area contributed by atoms with Crippen LogP contribution in [-0.4, -0.2) is 12.0 Å². The zero-order chi connectivity index (χ0) is 13.0. The van der Waals surface area contributed by atoms with Gasteiger partial charge in [0, 0.05) is 11.1 Å². The van der Waals surface area contributed by atoms with Crippen molar-refractivity contribution in [2.75, 3.05) is 0 Å². The van der Waals surface area contributed by atoms with Crippen molar-refractivity contribution in [2.45, 2.75) is 6.30 Å². The second-order valence-corrected chi connectivity index (χ2v) is 3.66. The van der Waals surface area contributed by atoms with Crippen LogP contribution in [0.1, 0.15) is 11.1 Å². The van der Waals surface area contributed by atoms with E-state index in [0.717, 1.165) is 0 Å². The molecule has 2 aromatic carbocycles. The van der Waals surface area contributed by atoms with Gasteiger partial charge in [-0.1, -0.05) is 60.7 Å². The summed E-state index contributed by atoms with van der Waals surface area (Å²) in [6.45, 7) is 0. The third-order valence-corrected chi connectivity index (χ3v) is 2.33. The normalized spacial score (nSPS) is 11.1. The molecule has 92 valence electrons. The van der Waals surface area contributed by atoms with Gasteiger partial charge in [0.1, 0.15) is 0 Å². The Balaban J connectivity index is 2.53. The van der Waals surface area contributed by atoms with Crippen LogP contribution < -0.4 is 0 Å². The van der Waals surface area contributed by atoms with Crippen molar-refractivity contribution in [3.05, 3.63) is 71.8 Å². The van der Waals surface area contributed by atoms with Crippen molar-refractivity contribution >= 4 is 5.71 Å². The number of hydrogen-bond acceptors (Lipinski definition) is 1. The SMILES string of the molecule is FC(F)(F)N=C(c1ccccc1)c1ccccc1. The third-order valence-electron chi connectivity index (χ3n) is 2.33. The van der Waals surface area contributed by atoms with Crippen LogP contribution in [0.15, 0.2) is 65.7 Å². The van der Waals surface area contributed by atoms with Gasteiger partial charge in [-0.05, 0) is 0 Å². The van der Waals surface area contributed by atoms with E-state index in [1.807, 2.05) is 0 Å². The van der Waals surface area contributed by atoms with Crippen LogP contribution in [-0.2, 0) is 0 Å². The van der Waals surface area contributed by atoms with Crippen molar-refractivity contribution in [3.8, 4) is 0 Å². The number of hydrogen-bond donors (Lipinski definition) is 0. The molecule has 4 heteroatoms. The minimum atomic E-state index is -4.58. The lowest BCUT2D eigenvalue weighted by Gasteiger charge is -2.08. The van der Waals surface area contributed by atoms with Gasteiger partial charge in [-0.2, -0.15) is 4.99 Å². The molecule has 0 bridgehead atoms. The summed E-state index contributed by atoms with van der Waals surface area (Å²) in [7, 11) is 0. The summed E-state index contributed by atoms with van der Waals surface area (Å²) in [5.41, 5.74) is 0.825. The first-order valence-corrected chi connectivity index (χ1v) is 5.34. The topological polar surface area (TPSA) is 12.4 Å². The Labute approximate surface area is 103 Å². The Bertz CT molecular complexity index is 488. The van der Waals surface area contributed by atoms with Gasteiger partial charge < -0.3 is 0 Å². The summed E-state index contributed by atoms with van der Waals surface area (Å²) < 4.78 is 37.5. The van der Waals surface area contributed by atoms with Crippen molar-refractivity contribution in [1.82, 2.24) is 0 Å². The minimum Gasteiger partial charge on any atom is -0.183 e. The maximum atomic E-state index is 12.5. The molecular formula is C14H10F3N. The monoisotopic (exact) mass is 249 g/mol. The summed E-state index contributed by atoms with van der Waals surface area (Å²) in [6.07, 6.45) is -4.58. The summed E-state index contributed by atoms with van der Waals surface area (Å²) >= 11 is 0. The summed E-state index contributed by atoms with van der Waals surface area (Å²) in [6, 6.07) is 16.7. The van der Waals surface area contributed by atoms with Gasteiger partial charge >= 0.3 is 6.30 Å². The fraction of sp³-hybridized carbons (Fsp3) is 0.0714. The number of alkyl halides is 3. The Morgan fingerprint density at radius 1 is 0.722 bits per heavy atom. The van der Waals surface area contributed by atoms with Crippen molar-refractivity contribution in [2.24, 2.45) is 4.99 Å². The van der Waals surface area contributed by atoms with Gasteiger partial charge in [0.2, 0.25) is 0 Å². The lowest BCUT2D eigenvalue weighted by atomic mass is 10.0. The molecule has 0 radical (unpaired) electrons. The Morgan fingerprint density at radius 2 is 1.11 bits per heavy atom. The third kappa shape index (κ3) is 3.20. The summed E-state index contributed by atoms with van der Waals surface area (Å²) in [5.74, 6) is 0. The number of aliphatic imine (C=N–C) groups is 1. The molecule has 0 aliphatic carbocycles. The first kappa shape index (κ1) is 12.4. The highest BCUT2D eigenvalue weighted by molar-refractivity contribution is 6.12.